The molecule has 5 heteroatoms. The van der Waals surface area contributed by atoms with E-state index in [0.717, 1.165) is 31.9 Å². The van der Waals surface area contributed by atoms with E-state index in [9.17, 15) is 4.79 Å². The first-order valence-electron chi connectivity index (χ1n) is 10.9. The van der Waals surface area contributed by atoms with Crippen LogP contribution in [-0.4, -0.2) is 67.6 Å². The van der Waals surface area contributed by atoms with Gasteiger partial charge in [0.25, 0.3) is 0 Å². The van der Waals surface area contributed by atoms with Crippen LogP contribution in [0.15, 0.2) is 24.3 Å². The van der Waals surface area contributed by atoms with Crippen LogP contribution < -0.4 is 10.2 Å². The van der Waals surface area contributed by atoms with E-state index >= 15 is 0 Å². The number of amides is 1. The molecule has 1 aromatic rings. The van der Waals surface area contributed by atoms with E-state index in [4.69, 9.17) is 0 Å². The van der Waals surface area contributed by atoms with Gasteiger partial charge in [-0.15, -0.1) is 0 Å². The van der Waals surface area contributed by atoms with Crippen molar-refractivity contribution in [2.75, 3.05) is 56.0 Å². The maximum Gasteiger partial charge on any atom is 0.238 e. The Balaban J connectivity index is 1.24. The van der Waals surface area contributed by atoms with Gasteiger partial charge in [-0.2, -0.15) is 0 Å². The summed E-state index contributed by atoms with van der Waals surface area (Å²) in [5.41, 5.74) is 2.19. The van der Waals surface area contributed by atoms with Gasteiger partial charge in [0.1, 0.15) is 0 Å². The number of carbonyl (C=O) groups excluding carboxylic acids is 1. The van der Waals surface area contributed by atoms with Gasteiger partial charge in [-0.1, -0.05) is 12.8 Å². The van der Waals surface area contributed by atoms with Gasteiger partial charge >= 0.3 is 0 Å². The van der Waals surface area contributed by atoms with E-state index in [2.05, 4.69) is 44.3 Å². The zero-order chi connectivity index (χ0) is 18.5. The molecule has 3 fully saturated rings. The summed E-state index contributed by atoms with van der Waals surface area (Å²) in [6.45, 7) is 7.39. The number of hydrogen-bond acceptors (Lipinski definition) is 4. The molecule has 148 valence electrons. The summed E-state index contributed by atoms with van der Waals surface area (Å²) in [5, 5.41) is 3.08. The maximum atomic E-state index is 12.5. The molecule has 1 unspecified atom stereocenters. The fraction of sp³-hybridized carbons (Fsp3) is 0.682. The Kier molecular flexibility index (Phi) is 6.30. The minimum atomic E-state index is 0.111. The standard InChI is InChI=1S/C22H34N4O/c27-22(18-24-16-11-21(17-24)26-14-5-6-15-26)23-19-7-9-20(10-8-19)25-12-3-1-2-4-13-25/h7-10,21H,1-6,11-18H2,(H,23,27). The van der Waals surface area contributed by atoms with Gasteiger partial charge in [-0.3, -0.25) is 14.6 Å². The average Bonchev–Trinajstić information content (AvgIpc) is 3.29. The third kappa shape index (κ3) is 5.02. The van der Waals surface area contributed by atoms with E-state index in [-0.39, 0.29) is 5.91 Å². The zero-order valence-electron chi connectivity index (χ0n) is 16.5. The smallest absolute Gasteiger partial charge is 0.238 e. The molecule has 27 heavy (non-hydrogen) atoms. The van der Waals surface area contributed by atoms with E-state index in [1.165, 1.54) is 63.7 Å². The molecule has 0 radical (unpaired) electrons. The van der Waals surface area contributed by atoms with Gasteiger partial charge in [0, 0.05) is 43.6 Å². The van der Waals surface area contributed by atoms with Gasteiger partial charge in [-0.25, -0.2) is 0 Å². The normalized spacial score (nSPS) is 24.9. The van der Waals surface area contributed by atoms with Crippen LogP contribution in [0.5, 0.6) is 0 Å². The summed E-state index contributed by atoms with van der Waals surface area (Å²) in [4.78, 5) is 19.8. The first-order valence-corrected chi connectivity index (χ1v) is 10.9. The van der Waals surface area contributed by atoms with Crippen molar-refractivity contribution in [1.82, 2.24) is 9.80 Å². The number of rotatable bonds is 5. The molecule has 1 atom stereocenters. The predicted octanol–water partition coefficient (Wildman–Crippen LogP) is 3.18. The lowest BCUT2D eigenvalue weighted by atomic mass is 10.2. The molecular formula is C22H34N4O. The van der Waals surface area contributed by atoms with Crippen molar-refractivity contribution in [1.29, 1.82) is 0 Å². The van der Waals surface area contributed by atoms with Gasteiger partial charge < -0.3 is 10.2 Å². The number of benzene rings is 1. The molecule has 0 aromatic heterocycles. The van der Waals surface area contributed by atoms with Crippen LogP contribution in [0.2, 0.25) is 0 Å². The summed E-state index contributed by atoms with van der Waals surface area (Å²) >= 11 is 0. The molecular weight excluding hydrogens is 336 g/mol. The second kappa shape index (κ2) is 9.07. The molecule has 0 aliphatic carbocycles. The quantitative estimate of drug-likeness (QED) is 0.864. The van der Waals surface area contributed by atoms with Gasteiger partial charge in [0.05, 0.1) is 6.54 Å². The molecule has 3 aliphatic rings. The SMILES string of the molecule is O=C(CN1CCC(N2CCCC2)C1)Nc1ccc(N2CCCCCC2)cc1. The highest BCUT2D eigenvalue weighted by atomic mass is 16.2. The van der Waals surface area contributed by atoms with Crippen molar-refractivity contribution < 1.29 is 4.79 Å². The number of likely N-dealkylation sites (tertiary alicyclic amines) is 2. The van der Waals surface area contributed by atoms with Crippen molar-refractivity contribution >= 4 is 17.3 Å². The number of anilines is 2. The summed E-state index contributed by atoms with van der Waals surface area (Å²) in [6, 6.07) is 9.07. The molecule has 0 bridgehead atoms. The fourth-order valence-corrected chi connectivity index (χ4v) is 4.85. The number of hydrogen-bond donors (Lipinski definition) is 1. The topological polar surface area (TPSA) is 38.8 Å². The van der Waals surface area contributed by atoms with Crippen LogP contribution in [0.25, 0.3) is 0 Å². The third-order valence-electron chi connectivity index (χ3n) is 6.39. The van der Waals surface area contributed by atoms with Gasteiger partial charge in [0.2, 0.25) is 5.91 Å². The van der Waals surface area contributed by atoms with Gasteiger partial charge in [0.15, 0.2) is 0 Å². The number of carbonyl (C=O) groups is 1. The van der Waals surface area contributed by atoms with E-state index in [0.29, 0.717) is 12.6 Å². The molecule has 3 saturated heterocycles. The maximum absolute atomic E-state index is 12.5. The largest absolute Gasteiger partial charge is 0.372 e. The molecule has 0 spiro atoms. The summed E-state index contributed by atoms with van der Waals surface area (Å²) in [6.07, 6.45) is 9.14. The van der Waals surface area contributed by atoms with Crippen molar-refractivity contribution in [3.8, 4) is 0 Å². The molecule has 3 aliphatic heterocycles. The second-order valence-corrected chi connectivity index (χ2v) is 8.42. The molecule has 4 rings (SSSR count). The molecule has 1 N–H and O–H groups in total. The fourth-order valence-electron chi connectivity index (χ4n) is 4.85. The molecule has 3 heterocycles. The van der Waals surface area contributed by atoms with Crippen LogP contribution in [0, 0.1) is 0 Å². The van der Waals surface area contributed by atoms with Crippen molar-refractivity contribution in [3.63, 3.8) is 0 Å². The van der Waals surface area contributed by atoms with Crippen LogP contribution in [0.3, 0.4) is 0 Å². The molecule has 1 aromatic carbocycles. The average molecular weight is 371 g/mol. The van der Waals surface area contributed by atoms with Crippen LogP contribution in [0.4, 0.5) is 11.4 Å². The Morgan fingerprint density at radius 2 is 1.56 bits per heavy atom. The molecule has 0 saturated carbocycles. The van der Waals surface area contributed by atoms with Gasteiger partial charge in [-0.05, 0) is 69.5 Å². The first kappa shape index (κ1) is 18.8. The Morgan fingerprint density at radius 3 is 2.26 bits per heavy atom. The lowest BCUT2D eigenvalue weighted by Crippen LogP contribution is -2.37. The Hall–Kier alpha value is -1.59. The number of nitrogens with one attached hydrogen (secondary N) is 1. The van der Waals surface area contributed by atoms with Crippen molar-refractivity contribution in [2.45, 2.75) is 51.0 Å². The van der Waals surface area contributed by atoms with Crippen LogP contribution in [-0.2, 0) is 4.79 Å². The highest BCUT2D eigenvalue weighted by Crippen LogP contribution is 2.22. The molecule has 1 amide bonds. The minimum absolute atomic E-state index is 0.111. The number of nitrogens with zero attached hydrogens (tertiary/aromatic N) is 3. The Labute approximate surface area is 163 Å². The van der Waals surface area contributed by atoms with E-state index < -0.39 is 0 Å². The lowest BCUT2D eigenvalue weighted by molar-refractivity contribution is -0.117. The van der Waals surface area contributed by atoms with Crippen LogP contribution >= 0.6 is 0 Å². The van der Waals surface area contributed by atoms with Crippen molar-refractivity contribution in [3.05, 3.63) is 24.3 Å². The second-order valence-electron chi connectivity index (χ2n) is 8.42. The third-order valence-corrected chi connectivity index (χ3v) is 6.39. The summed E-state index contributed by atoms with van der Waals surface area (Å²) < 4.78 is 0. The summed E-state index contributed by atoms with van der Waals surface area (Å²) in [5.74, 6) is 0.111. The summed E-state index contributed by atoms with van der Waals surface area (Å²) in [7, 11) is 0. The first-order chi connectivity index (χ1) is 13.3. The monoisotopic (exact) mass is 370 g/mol. The van der Waals surface area contributed by atoms with Crippen LogP contribution in [0.1, 0.15) is 44.9 Å². The lowest BCUT2D eigenvalue weighted by Gasteiger charge is -2.23. The zero-order valence-corrected chi connectivity index (χ0v) is 16.5. The predicted molar refractivity (Wildman–Crippen MR) is 111 cm³/mol. The highest BCUT2D eigenvalue weighted by molar-refractivity contribution is 5.92. The molecule has 5 nitrogen and oxygen atoms in total. The van der Waals surface area contributed by atoms with E-state index in [1.54, 1.807) is 0 Å². The minimum Gasteiger partial charge on any atom is -0.372 e. The van der Waals surface area contributed by atoms with Crippen molar-refractivity contribution in [2.24, 2.45) is 0 Å². The Morgan fingerprint density at radius 1 is 0.889 bits per heavy atom. The van der Waals surface area contributed by atoms with E-state index in [1.807, 2.05) is 0 Å². The highest BCUT2D eigenvalue weighted by Gasteiger charge is 2.29. The Bertz CT molecular complexity index is 603.